The van der Waals surface area contributed by atoms with Crippen molar-refractivity contribution in [2.45, 2.75) is 20.1 Å². The largest absolute Gasteiger partial charge is 0.458 e. The molecule has 0 aliphatic rings. The Hall–Kier alpha value is -2.31. The summed E-state index contributed by atoms with van der Waals surface area (Å²) in [5.41, 5.74) is 7.19. The van der Waals surface area contributed by atoms with Crippen LogP contribution in [0.5, 0.6) is 0 Å². The van der Waals surface area contributed by atoms with Crippen molar-refractivity contribution in [1.82, 2.24) is 19.6 Å². The monoisotopic (exact) mass is 249 g/mol. The fourth-order valence-electron chi connectivity index (χ4n) is 1.60. The highest BCUT2D eigenvalue weighted by Crippen LogP contribution is 2.04. The van der Waals surface area contributed by atoms with Gasteiger partial charge in [-0.2, -0.15) is 10.2 Å². The average Bonchev–Trinajstić information content (AvgIpc) is 2.82. The zero-order valence-corrected chi connectivity index (χ0v) is 10.3. The average molecular weight is 249 g/mol. The Morgan fingerprint density at radius 2 is 2.28 bits per heavy atom. The predicted octanol–water partition coefficient (Wildman–Crippen LogP) is 0.251. The molecule has 0 saturated carbocycles. The standard InChI is InChI=1S/C11H15N5O2/c1-8-5-9(15(2)13-8)7-18-11(17)6-16-4-3-10(12)14-16/h3-5H,6-7H2,1-2H3,(H2,12,14). The second-order valence-electron chi connectivity index (χ2n) is 4.00. The summed E-state index contributed by atoms with van der Waals surface area (Å²) in [6.07, 6.45) is 1.63. The van der Waals surface area contributed by atoms with E-state index in [0.29, 0.717) is 5.82 Å². The molecule has 7 nitrogen and oxygen atoms in total. The Morgan fingerprint density at radius 3 is 2.83 bits per heavy atom. The summed E-state index contributed by atoms with van der Waals surface area (Å²) in [4.78, 5) is 11.6. The van der Waals surface area contributed by atoms with E-state index in [4.69, 9.17) is 10.5 Å². The molecule has 2 aromatic rings. The third kappa shape index (κ3) is 2.88. The van der Waals surface area contributed by atoms with Crippen molar-refractivity contribution in [2.24, 2.45) is 7.05 Å². The van der Waals surface area contributed by atoms with Crippen molar-refractivity contribution >= 4 is 11.8 Å². The normalized spacial score (nSPS) is 10.6. The molecule has 0 saturated heterocycles. The van der Waals surface area contributed by atoms with Crippen molar-refractivity contribution in [2.75, 3.05) is 5.73 Å². The molecule has 0 unspecified atom stereocenters. The van der Waals surface area contributed by atoms with Gasteiger partial charge in [0.05, 0.1) is 11.4 Å². The second-order valence-corrected chi connectivity index (χ2v) is 4.00. The molecule has 96 valence electrons. The molecular weight excluding hydrogens is 234 g/mol. The lowest BCUT2D eigenvalue weighted by Gasteiger charge is -2.05. The molecule has 2 aromatic heterocycles. The van der Waals surface area contributed by atoms with Gasteiger partial charge in [-0.15, -0.1) is 0 Å². The van der Waals surface area contributed by atoms with Gasteiger partial charge in [0.1, 0.15) is 19.0 Å². The van der Waals surface area contributed by atoms with Gasteiger partial charge >= 0.3 is 5.97 Å². The Labute approximate surface area is 104 Å². The number of hydrogen-bond donors (Lipinski definition) is 1. The quantitative estimate of drug-likeness (QED) is 0.785. The van der Waals surface area contributed by atoms with Crippen LogP contribution in [0.3, 0.4) is 0 Å². The molecule has 0 bridgehead atoms. The first-order valence-electron chi connectivity index (χ1n) is 5.48. The number of ether oxygens (including phenoxy) is 1. The molecule has 0 fully saturated rings. The molecular formula is C11H15N5O2. The summed E-state index contributed by atoms with van der Waals surface area (Å²) >= 11 is 0. The maximum absolute atomic E-state index is 11.6. The summed E-state index contributed by atoms with van der Waals surface area (Å²) in [5.74, 6) is 0.0158. The van der Waals surface area contributed by atoms with Gasteiger partial charge in [0, 0.05) is 13.2 Å². The predicted molar refractivity (Wildman–Crippen MR) is 64.4 cm³/mol. The minimum Gasteiger partial charge on any atom is -0.458 e. The second kappa shape index (κ2) is 4.91. The first-order valence-corrected chi connectivity index (χ1v) is 5.48. The highest BCUT2D eigenvalue weighted by molar-refractivity contribution is 5.69. The van der Waals surface area contributed by atoms with Gasteiger partial charge in [-0.3, -0.25) is 14.2 Å². The van der Waals surface area contributed by atoms with Crippen LogP contribution in [0, 0.1) is 6.92 Å². The summed E-state index contributed by atoms with van der Waals surface area (Å²) < 4.78 is 8.26. The van der Waals surface area contributed by atoms with Gasteiger partial charge in [0.2, 0.25) is 0 Å². The van der Waals surface area contributed by atoms with Gasteiger partial charge in [0.25, 0.3) is 0 Å². The topological polar surface area (TPSA) is 88.0 Å². The molecule has 2 rings (SSSR count). The lowest BCUT2D eigenvalue weighted by molar-refractivity contribution is -0.146. The Bertz CT molecular complexity index is 558. The lowest BCUT2D eigenvalue weighted by atomic mass is 10.4. The van der Waals surface area contributed by atoms with Crippen molar-refractivity contribution in [1.29, 1.82) is 0 Å². The van der Waals surface area contributed by atoms with Crippen LogP contribution >= 0.6 is 0 Å². The smallest absolute Gasteiger partial charge is 0.328 e. The minimum atomic E-state index is -0.364. The highest BCUT2D eigenvalue weighted by Gasteiger charge is 2.08. The van der Waals surface area contributed by atoms with E-state index in [1.807, 2.05) is 20.0 Å². The number of carbonyl (C=O) groups is 1. The lowest BCUT2D eigenvalue weighted by Crippen LogP contribution is -2.15. The molecule has 0 aromatic carbocycles. The first-order chi connectivity index (χ1) is 8.54. The van der Waals surface area contributed by atoms with Crippen molar-refractivity contribution in [3.05, 3.63) is 29.7 Å². The molecule has 0 amide bonds. The molecule has 0 aliphatic carbocycles. The van der Waals surface area contributed by atoms with E-state index in [9.17, 15) is 4.79 Å². The van der Waals surface area contributed by atoms with E-state index < -0.39 is 0 Å². The third-order valence-electron chi connectivity index (χ3n) is 2.43. The van der Waals surface area contributed by atoms with E-state index >= 15 is 0 Å². The third-order valence-corrected chi connectivity index (χ3v) is 2.43. The first kappa shape index (κ1) is 12.2. The van der Waals surface area contributed by atoms with E-state index in [1.165, 1.54) is 4.68 Å². The number of rotatable bonds is 4. The minimum absolute atomic E-state index is 0.0496. The van der Waals surface area contributed by atoms with Crippen LogP contribution in [-0.2, 0) is 29.7 Å². The number of nitrogen functional groups attached to an aromatic ring is 1. The van der Waals surface area contributed by atoms with Gasteiger partial charge in [-0.25, -0.2) is 0 Å². The Balaban J connectivity index is 1.87. The zero-order chi connectivity index (χ0) is 13.1. The van der Waals surface area contributed by atoms with Crippen molar-refractivity contribution < 1.29 is 9.53 Å². The maximum atomic E-state index is 11.6. The van der Waals surface area contributed by atoms with E-state index in [1.54, 1.807) is 16.9 Å². The van der Waals surface area contributed by atoms with Crippen LogP contribution in [0.1, 0.15) is 11.4 Å². The maximum Gasteiger partial charge on any atom is 0.328 e. The molecule has 0 radical (unpaired) electrons. The number of anilines is 1. The van der Waals surface area contributed by atoms with E-state index in [2.05, 4.69) is 10.2 Å². The van der Waals surface area contributed by atoms with E-state index in [0.717, 1.165) is 11.4 Å². The molecule has 18 heavy (non-hydrogen) atoms. The van der Waals surface area contributed by atoms with Crippen LogP contribution < -0.4 is 5.73 Å². The van der Waals surface area contributed by atoms with Crippen molar-refractivity contribution in [3.63, 3.8) is 0 Å². The summed E-state index contributed by atoms with van der Waals surface area (Å²) in [6, 6.07) is 3.50. The van der Waals surface area contributed by atoms with Gasteiger partial charge in [-0.1, -0.05) is 0 Å². The van der Waals surface area contributed by atoms with Crippen LogP contribution in [0.15, 0.2) is 18.3 Å². The van der Waals surface area contributed by atoms with Crippen LogP contribution in [-0.4, -0.2) is 25.5 Å². The van der Waals surface area contributed by atoms with E-state index in [-0.39, 0.29) is 19.1 Å². The number of nitrogens with zero attached hydrogens (tertiary/aromatic N) is 4. The molecule has 0 atom stereocenters. The number of esters is 1. The number of hydrogen-bond acceptors (Lipinski definition) is 5. The fraction of sp³-hybridized carbons (Fsp3) is 0.364. The molecule has 2 N–H and O–H groups in total. The number of aryl methyl sites for hydroxylation is 2. The summed E-state index contributed by atoms with van der Waals surface area (Å²) in [6.45, 7) is 2.14. The van der Waals surface area contributed by atoms with Crippen LogP contribution in [0.2, 0.25) is 0 Å². The van der Waals surface area contributed by atoms with Gasteiger partial charge < -0.3 is 10.5 Å². The van der Waals surface area contributed by atoms with Gasteiger partial charge in [-0.05, 0) is 19.1 Å². The molecule has 2 heterocycles. The number of carbonyl (C=O) groups excluding carboxylic acids is 1. The SMILES string of the molecule is Cc1cc(COC(=O)Cn2ccc(N)n2)n(C)n1. The summed E-state index contributed by atoms with van der Waals surface area (Å²) in [5, 5.41) is 8.07. The number of nitrogens with two attached hydrogens (primary N) is 1. The Morgan fingerprint density at radius 1 is 1.50 bits per heavy atom. The molecule has 7 heteroatoms. The fourth-order valence-corrected chi connectivity index (χ4v) is 1.60. The van der Waals surface area contributed by atoms with Crippen LogP contribution in [0.4, 0.5) is 5.82 Å². The van der Waals surface area contributed by atoms with Crippen molar-refractivity contribution in [3.8, 4) is 0 Å². The molecule has 0 aliphatic heterocycles. The number of aromatic nitrogens is 4. The molecule has 0 spiro atoms. The zero-order valence-electron chi connectivity index (χ0n) is 10.3. The van der Waals surface area contributed by atoms with Gasteiger partial charge in [0.15, 0.2) is 0 Å². The highest BCUT2D eigenvalue weighted by atomic mass is 16.5. The summed E-state index contributed by atoms with van der Waals surface area (Å²) in [7, 11) is 1.81. The van der Waals surface area contributed by atoms with Crippen LogP contribution in [0.25, 0.3) is 0 Å². The Kier molecular flexibility index (Phi) is 3.31.